The molecule has 0 aliphatic heterocycles. The highest BCUT2D eigenvalue weighted by Crippen LogP contribution is 2.41. The van der Waals surface area contributed by atoms with Gasteiger partial charge in [0.1, 0.15) is 5.52 Å². The zero-order valence-corrected chi connectivity index (χ0v) is 28.5. The van der Waals surface area contributed by atoms with Crippen LogP contribution in [0.4, 0.5) is 0 Å². The van der Waals surface area contributed by atoms with Gasteiger partial charge in [0.15, 0.2) is 5.58 Å². The molecule has 0 aliphatic rings. The maximum atomic E-state index is 8.93. The maximum absolute atomic E-state index is 8.93. The van der Waals surface area contributed by atoms with E-state index in [1.807, 2.05) is 42.5 Å². The van der Waals surface area contributed by atoms with Crippen molar-refractivity contribution in [1.29, 1.82) is 5.41 Å². The van der Waals surface area contributed by atoms with Crippen molar-refractivity contribution in [3.05, 3.63) is 199 Å². The monoisotopic (exact) mass is 666 g/mol. The van der Waals surface area contributed by atoms with Crippen molar-refractivity contribution in [2.75, 3.05) is 0 Å². The number of hydrogen-bond acceptors (Lipinski definition) is 3. The van der Waals surface area contributed by atoms with Crippen LogP contribution in [-0.4, -0.2) is 10.7 Å². The standard InChI is InChI=1S/C49H34N2O/c50-45(24-10-15-33-13-2-1-3-14-33)37-19-12-20-38(32-37)48-40-21-5-4-16-34(40)27-28-41(48)36-18-11-17-35(31-36)39-29-30-44(43-23-7-6-22-42(39)43)49-51-46-25-8-9-26-47(46)52-49/h1-14,16-32,50H,15H2/b24-10-,50-45?. The highest BCUT2D eigenvalue weighted by atomic mass is 16.3. The van der Waals surface area contributed by atoms with Crippen LogP contribution in [0.15, 0.2) is 192 Å². The third-order valence-electron chi connectivity index (χ3n) is 9.81. The molecule has 246 valence electrons. The van der Waals surface area contributed by atoms with Crippen LogP contribution in [-0.2, 0) is 6.42 Å². The van der Waals surface area contributed by atoms with Gasteiger partial charge in [-0.15, -0.1) is 0 Å². The Morgan fingerprint density at radius 1 is 0.538 bits per heavy atom. The van der Waals surface area contributed by atoms with Crippen molar-refractivity contribution in [1.82, 2.24) is 4.98 Å². The van der Waals surface area contributed by atoms with E-state index in [2.05, 4.69) is 146 Å². The average molecular weight is 667 g/mol. The van der Waals surface area contributed by atoms with Crippen molar-refractivity contribution >= 4 is 38.4 Å². The molecule has 52 heavy (non-hydrogen) atoms. The first kappa shape index (κ1) is 31.2. The second kappa shape index (κ2) is 13.5. The summed E-state index contributed by atoms with van der Waals surface area (Å²) in [4.78, 5) is 4.81. The van der Waals surface area contributed by atoms with Gasteiger partial charge >= 0.3 is 0 Å². The molecule has 9 rings (SSSR count). The lowest BCUT2D eigenvalue weighted by Crippen LogP contribution is -1.96. The molecule has 0 atom stereocenters. The van der Waals surface area contributed by atoms with Crippen molar-refractivity contribution in [2.45, 2.75) is 6.42 Å². The first-order valence-electron chi connectivity index (χ1n) is 17.6. The van der Waals surface area contributed by atoms with Gasteiger partial charge in [-0.3, -0.25) is 0 Å². The Labute approximate surface area is 302 Å². The lowest BCUT2D eigenvalue weighted by Gasteiger charge is -2.16. The molecule has 0 fully saturated rings. The van der Waals surface area contributed by atoms with Gasteiger partial charge in [-0.1, -0.05) is 152 Å². The number of oxazole rings is 1. The van der Waals surface area contributed by atoms with Crippen LogP contribution < -0.4 is 0 Å². The lowest BCUT2D eigenvalue weighted by molar-refractivity contribution is 0.620. The van der Waals surface area contributed by atoms with Crippen LogP contribution >= 0.6 is 0 Å². The fourth-order valence-corrected chi connectivity index (χ4v) is 7.27. The van der Waals surface area contributed by atoms with E-state index in [1.165, 1.54) is 16.3 Å². The van der Waals surface area contributed by atoms with E-state index in [9.17, 15) is 0 Å². The zero-order valence-electron chi connectivity index (χ0n) is 28.5. The molecule has 1 heterocycles. The summed E-state index contributed by atoms with van der Waals surface area (Å²) in [6.07, 6.45) is 4.78. The van der Waals surface area contributed by atoms with Gasteiger partial charge in [-0.25, -0.2) is 4.98 Å². The summed E-state index contributed by atoms with van der Waals surface area (Å²) in [6, 6.07) is 61.3. The Kier molecular flexibility index (Phi) is 8.07. The Morgan fingerprint density at radius 3 is 2.04 bits per heavy atom. The summed E-state index contributed by atoms with van der Waals surface area (Å²) in [5, 5.41) is 13.5. The van der Waals surface area contributed by atoms with E-state index in [0.717, 1.165) is 72.8 Å². The fourth-order valence-electron chi connectivity index (χ4n) is 7.27. The average Bonchev–Trinajstić information content (AvgIpc) is 3.65. The molecular formula is C49H34N2O. The topological polar surface area (TPSA) is 49.9 Å². The minimum absolute atomic E-state index is 0.495. The molecule has 8 aromatic carbocycles. The third kappa shape index (κ3) is 5.89. The van der Waals surface area contributed by atoms with Crippen molar-refractivity contribution in [2.24, 2.45) is 0 Å². The molecule has 0 amide bonds. The summed E-state index contributed by atoms with van der Waals surface area (Å²) in [5.74, 6) is 0.625. The van der Waals surface area contributed by atoms with Gasteiger partial charge in [-0.05, 0) is 109 Å². The largest absolute Gasteiger partial charge is 0.436 e. The SMILES string of the molecule is N=C(/C=C\Cc1ccccc1)c1cccc(-c2c(-c3cccc(-c4ccc(-c5nc6ccccc6o5)c5ccccc45)c3)ccc3ccccc23)c1. The van der Waals surface area contributed by atoms with E-state index >= 15 is 0 Å². The number of hydrogen-bond donors (Lipinski definition) is 1. The third-order valence-corrected chi connectivity index (χ3v) is 9.81. The normalized spacial score (nSPS) is 11.5. The molecule has 3 nitrogen and oxygen atoms in total. The second-order valence-electron chi connectivity index (χ2n) is 13.1. The first-order chi connectivity index (χ1) is 25.7. The Hall–Kier alpha value is -6.84. The molecule has 0 saturated carbocycles. The number of fused-ring (bicyclic) bond motifs is 3. The number of nitrogens with zero attached hydrogens (tertiary/aromatic N) is 1. The summed E-state index contributed by atoms with van der Waals surface area (Å²) in [5.41, 5.74) is 12.0. The van der Waals surface area contributed by atoms with Gasteiger partial charge in [0, 0.05) is 5.56 Å². The molecule has 0 spiro atoms. The Balaban J connectivity index is 1.12. The van der Waals surface area contributed by atoms with E-state index in [4.69, 9.17) is 14.8 Å². The molecule has 0 saturated heterocycles. The number of nitrogens with one attached hydrogen (secondary N) is 1. The quantitative estimate of drug-likeness (QED) is 0.164. The summed E-state index contributed by atoms with van der Waals surface area (Å²) >= 11 is 0. The molecule has 0 bridgehead atoms. The van der Waals surface area contributed by atoms with Crippen LogP contribution in [0.25, 0.3) is 77.5 Å². The summed E-state index contributed by atoms with van der Waals surface area (Å²) in [6.45, 7) is 0. The lowest BCUT2D eigenvalue weighted by atomic mass is 9.87. The van der Waals surface area contributed by atoms with Crippen LogP contribution in [0.5, 0.6) is 0 Å². The van der Waals surface area contributed by atoms with Gasteiger partial charge in [0.2, 0.25) is 5.89 Å². The fraction of sp³-hybridized carbons (Fsp3) is 0.0204. The second-order valence-corrected chi connectivity index (χ2v) is 13.1. The molecule has 1 aromatic heterocycles. The zero-order chi connectivity index (χ0) is 34.9. The minimum Gasteiger partial charge on any atom is -0.436 e. The number of rotatable bonds is 8. The number of aromatic nitrogens is 1. The van der Waals surface area contributed by atoms with E-state index in [-0.39, 0.29) is 0 Å². The number of para-hydroxylation sites is 2. The van der Waals surface area contributed by atoms with Gasteiger partial charge in [-0.2, -0.15) is 0 Å². The van der Waals surface area contributed by atoms with Crippen molar-refractivity contribution in [3.63, 3.8) is 0 Å². The smallest absolute Gasteiger partial charge is 0.227 e. The Morgan fingerprint density at radius 2 is 1.19 bits per heavy atom. The molecule has 1 N–H and O–H groups in total. The van der Waals surface area contributed by atoms with Crippen LogP contribution in [0.2, 0.25) is 0 Å². The van der Waals surface area contributed by atoms with Gasteiger partial charge in [0.25, 0.3) is 0 Å². The highest BCUT2D eigenvalue weighted by Gasteiger charge is 2.17. The minimum atomic E-state index is 0.495. The molecular weight excluding hydrogens is 633 g/mol. The van der Waals surface area contributed by atoms with Crippen molar-refractivity contribution in [3.8, 4) is 44.8 Å². The van der Waals surface area contributed by atoms with Gasteiger partial charge < -0.3 is 9.83 Å². The van der Waals surface area contributed by atoms with Crippen LogP contribution in [0.3, 0.4) is 0 Å². The van der Waals surface area contributed by atoms with Crippen molar-refractivity contribution < 1.29 is 4.42 Å². The maximum Gasteiger partial charge on any atom is 0.227 e. The molecule has 0 aliphatic carbocycles. The molecule has 3 heteroatoms. The molecule has 0 radical (unpaired) electrons. The van der Waals surface area contributed by atoms with E-state index < -0.39 is 0 Å². The molecule has 9 aromatic rings. The predicted molar refractivity (Wildman–Crippen MR) is 217 cm³/mol. The first-order valence-corrected chi connectivity index (χ1v) is 17.6. The van der Waals surface area contributed by atoms with Crippen LogP contribution in [0, 0.1) is 5.41 Å². The molecule has 0 unspecified atom stereocenters. The van der Waals surface area contributed by atoms with E-state index in [0.29, 0.717) is 11.6 Å². The summed E-state index contributed by atoms with van der Waals surface area (Å²) < 4.78 is 6.21. The Bertz CT molecular complexity index is 2760. The number of allylic oxidation sites excluding steroid dienone is 2. The van der Waals surface area contributed by atoms with E-state index in [1.54, 1.807) is 0 Å². The van der Waals surface area contributed by atoms with Crippen LogP contribution in [0.1, 0.15) is 11.1 Å². The van der Waals surface area contributed by atoms with Gasteiger partial charge in [0.05, 0.1) is 5.71 Å². The number of benzene rings is 8. The summed E-state index contributed by atoms with van der Waals surface area (Å²) in [7, 11) is 0. The highest BCUT2D eigenvalue weighted by molar-refractivity contribution is 6.10. The predicted octanol–water partition coefficient (Wildman–Crippen LogP) is 13.0.